The Balaban J connectivity index is 1.66. The Morgan fingerprint density at radius 3 is 2.21 bits per heavy atom. The zero-order valence-electron chi connectivity index (χ0n) is 20.6. The van der Waals surface area contributed by atoms with Crippen molar-refractivity contribution in [2.45, 2.75) is 26.7 Å². The van der Waals surface area contributed by atoms with Gasteiger partial charge in [0.2, 0.25) is 0 Å². The van der Waals surface area contributed by atoms with Crippen molar-refractivity contribution in [1.29, 1.82) is 0 Å². The number of hydrogen-bond donors (Lipinski definition) is 0. The molecule has 192 valence electrons. The highest BCUT2D eigenvalue weighted by Gasteiger charge is 2.36. The average Bonchev–Trinajstić information content (AvgIpc) is 3.46. The molecule has 4 aromatic rings. The maximum atomic E-state index is 14.6. The van der Waals surface area contributed by atoms with Crippen molar-refractivity contribution in [2.75, 3.05) is 5.01 Å². The number of aromatic nitrogens is 2. The second-order valence-corrected chi connectivity index (χ2v) is 8.87. The second-order valence-electron chi connectivity index (χ2n) is 8.87. The molecule has 0 fully saturated rings. The topological polar surface area (TPSA) is 50.5 Å². The van der Waals surface area contributed by atoms with Crippen molar-refractivity contribution in [3.05, 3.63) is 107 Å². The molecule has 0 unspecified atom stereocenters. The van der Waals surface area contributed by atoms with Crippen LogP contribution in [0.4, 0.5) is 23.2 Å². The quantitative estimate of drug-likeness (QED) is 0.157. The zero-order chi connectivity index (χ0) is 27.0. The molecule has 9 heteroatoms. The molecule has 1 amide bonds. The highest BCUT2D eigenvalue weighted by atomic mass is 19.2. The number of aryl methyl sites for hydroxylation is 1. The van der Waals surface area contributed by atoms with Crippen LogP contribution in [0, 0.1) is 30.2 Å². The van der Waals surface area contributed by atoms with E-state index in [-0.39, 0.29) is 17.4 Å². The van der Waals surface area contributed by atoms with Gasteiger partial charge in [0.25, 0.3) is 5.91 Å². The normalized spacial score (nSPS) is 14.5. The number of amides is 1. The number of rotatable bonds is 6. The van der Waals surface area contributed by atoms with Crippen LogP contribution in [0.2, 0.25) is 0 Å². The molecule has 38 heavy (non-hydrogen) atoms. The van der Waals surface area contributed by atoms with Crippen LogP contribution in [0.25, 0.3) is 23.0 Å². The summed E-state index contributed by atoms with van der Waals surface area (Å²) in [5.41, 5.74) is 2.85. The van der Waals surface area contributed by atoms with E-state index in [4.69, 9.17) is 5.10 Å². The summed E-state index contributed by atoms with van der Waals surface area (Å²) in [6.07, 6.45) is 4.14. The van der Waals surface area contributed by atoms with Gasteiger partial charge in [0.15, 0.2) is 23.3 Å². The van der Waals surface area contributed by atoms with E-state index in [0.717, 1.165) is 16.8 Å². The molecular formula is C29H22F4N4O. The maximum absolute atomic E-state index is 14.6. The standard InChI is InChI=1S/C29H22F4N4O/c1-3-7-24-21(29(38)37(34-24)28-25(32)22(30)15-23(31)26(28)33)14-19-16-36(20-8-5-4-6-9-20)35-27(19)18-12-10-17(2)11-13-18/h4-6,8-16H,3,7H2,1-2H3/b21-14-. The molecule has 0 saturated carbocycles. The lowest BCUT2D eigenvalue weighted by Crippen LogP contribution is -2.24. The number of para-hydroxylation sites is 1. The Morgan fingerprint density at radius 2 is 1.58 bits per heavy atom. The summed E-state index contributed by atoms with van der Waals surface area (Å²) in [7, 11) is 0. The van der Waals surface area contributed by atoms with Crippen LogP contribution in [0.3, 0.4) is 0 Å². The van der Waals surface area contributed by atoms with E-state index in [1.165, 1.54) is 0 Å². The minimum absolute atomic E-state index is 0.0521. The fraction of sp³-hybridized carbons (Fsp3) is 0.138. The molecule has 5 rings (SSSR count). The number of hydrogen-bond acceptors (Lipinski definition) is 3. The van der Waals surface area contributed by atoms with Gasteiger partial charge in [-0.25, -0.2) is 22.2 Å². The first-order valence-corrected chi connectivity index (χ1v) is 12.0. The van der Waals surface area contributed by atoms with Crippen molar-refractivity contribution in [3.8, 4) is 16.9 Å². The van der Waals surface area contributed by atoms with Crippen molar-refractivity contribution in [1.82, 2.24) is 9.78 Å². The summed E-state index contributed by atoms with van der Waals surface area (Å²) >= 11 is 0. The van der Waals surface area contributed by atoms with Gasteiger partial charge in [-0.1, -0.05) is 61.4 Å². The molecule has 1 aromatic heterocycles. The van der Waals surface area contributed by atoms with E-state index in [9.17, 15) is 22.4 Å². The minimum Gasteiger partial charge on any atom is -0.267 e. The van der Waals surface area contributed by atoms with E-state index in [2.05, 4.69) is 5.10 Å². The predicted octanol–water partition coefficient (Wildman–Crippen LogP) is 6.99. The Kier molecular flexibility index (Phi) is 6.67. The first kappa shape index (κ1) is 25.1. The molecule has 0 N–H and O–H groups in total. The van der Waals surface area contributed by atoms with E-state index in [0.29, 0.717) is 29.1 Å². The number of carbonyl (C=O) groups is 1. The van der Waals surface area contributed by atoms with Crippen LogP contribution in [0.1, 0.15) is 30.9 Å². The van der Waals surface area contributed by atoms with Gasteiger partial charge in [0.05, 0.1) is 22.7 Å². The lowest BCUT2D eigenvalue weighted by Gasteiger charge is -2.14. The molecule has 0 radical (unpaired) electrons. The monoisotopic (exact) mass is 518 g/mol. The highest BCUT2D eigenvalue weighted by molar-refractivity contribution is 6.33. The molecular weight excluding hydrogens is 496 g/mol. The fourth-order valence-corrected chi connectivity index (χ4v) is 4.22. The van der Waals surface area contributed by atoms with Crippen LogP contribution in [0.15, 0.2) is 77.5 Å². The van der Waals surface area contributed by atoms with E-state index in [1.807, 2.05) is 68.4 Å². The largest absolute Gasteiger partial charge is 0.280 e. The van der Waals surface area contributed by atoms with Crippen molar-refractivity contribution >= 4 is 23.4 Å². The SMILES string of the molecule is CCCC1=NN(c2c(F)c(F)cc(F)c2F)C(=O)/C1=C\c1cn(-c2ccccc2)nc1-c1ccc(C)cc1. The molecule has 5 nitrogen and oxygen atoms in total. The number of nitrogens with zero attached hydrogens (tertiary/aromatic N) is 4. The number of anilines is 1. The van der Waals surface area contributed by atoms with Crippen molar-refractivity contribution in [2.24, 2.45) is 5.10 Å². The van der Waals surface area contributed by atoms with Crippen LogP contribution in [-0.4, -0.2) is 21.4 Å². The van der Waals surface area contributed by atoms with Gasteiger partial charge in [-0.05, 0) is 31.6 Å². The van der Waals surface area contributed by atoms with Crippen molar-refractivity contribution < 1.29 is 22.4 Å². The summed E-state index contributed by atoms with van der Waals surface area (Å²) in [5, 5.41) is 9.21. The zero-order valence-corrected chi connectivity index (χ0v) is 20.6. The van der Waals surface area contributed by atoms with E-state index >= 15 is 0 Å². The Hall–Kier alpha value is -4.53. The molecule has 1 aliphatic rings. The Labute approximate surface area is 216 Å². The lowest BCUT2D eigenvalue weighted by atomic mass is 10.0. The van der Waals surface area contributed by atoms with Crippen LogP contribution >= 0.6 is 0 Å². The first-order valence-electron chi connectivity index (χ1n) is 12.0. The van der Waals surface area contributed by atoms with Gasteiger partial charge in [-0.15, -0.1) is 0 Å². The summed E-state index contributed by atoms with van der Waals surface area (Å²) in [4.78, 5) is 13.4. The molecule has 0 bridgehead atoms. The number of benzene rings is 3. The molecule has 3 aromatic carbocycles. The average molecular weight is 519 g/mol. The Bertz CT molecular complexity index is 1570. The third kappa shape index (κ3) is 4.51. The predicted molar refractivity (Wildman–Crippen MR) is 138 cm³/mol. The highest BCUT2D eigenvalue weighted by Crippen LogP contribution is 2.34. The van der Waals surface area contributed by atoms with E-state index in [1.54, 1.807) is 17.0 Å². The Morgan fingerprint density at radius 1 is 0.921 bits per heavy atom. The van der Waals surface area contributed by atoms with Gasteiger partial charge >= 0.3 is 0 Å². The summed E-state index contributed by atoms with van der Waals surface area (Å²) in [6, 6.07) is 17.1. The van der Waals surface area contributed by atoms with E-state index < -0.39 is 34.9 Å². The number of carbonyl (C=O) groups excluding carboxylic acids is 1. The van der Waals surface area contributed by atoms with Crippen molar-refractivity contribution in [3.63, 3.8) is 0 Å². The molecule has 2 heterocycles. The summed E-state index contributed by atoms with van der Waals surface area (Å²) in [6.45, 7) is 3.81. The molecule has 0 atom stereocenters. The molecule has 0 spiro atoms. The smallest absolute Gasteiger partial charge is 0.267 e. The molecule has 1 aliphatic heterocycles. The number of hydrazone groups is 1. The maximum Gasteiger partial charge on any atom is 0.280 e. The molecule has 0 aliphatic carbocycles. The van der Waals surface area contributed by atoms with Gasteiger partial charge < -0.3 is 0 Å². The van der Waals surface area contributed by atoms with Gasteiger partial charge in [-0.3, -0.25) is 4.79 Å². The third-order valence-corrected chi connectivity index (χ3v) is 6.13. The summed E-state index contributed by atoms with van der Waals surface area (Å²) < 4.78 is 58.7. The number of halogens is 4. The first-order chi connectivity index (χ1) is 18.3. The minimum atomic E-state index is -1.70. The lowest BCUT2D eigenvalue weighted by molar-refractivity contribution is -0.114. The van der Waals surface area contributed by atoms with Gasteiger partial charge in [0, 0.05) is 23.4 Å². The third-order valence-electron chi connectivity index (χ3n) is 6.13. The van der Waals surface area contributed by atoms with Crippen LogP contribution in [0.5, 0.6) is 0 Å². The molecule has 0 saturated heterocycles. The summed E-state index contributed by atoms with van der Waals surface area (Å²) in [5.74, 6) is -7.55. The second kappa shape index (κ2) is 10.1. The van der Waals surface area contributed by atoms with Gasteiger partial charge in [0.1, 0.15) is 5.69 Å². The fourth-order valence-electron chi connectivity index (χ4n) is 4.22. The van der Waals surface area contributed by atoms with Gasteiger partial charge in [-0.2, -0.15) is 15.2 Å². The van der Waals surface area contributed by atoms with Crippen LogP contribution in [-0.2, 0) is 4.79 Å². The van der Waals surface area contributed by atoms with Crippen LogP contribution < -0.4 is 5.01 Å².